The second-order valence-electron chi connectivity index (χ2n) is 9.09. The van der Waals surface area contributed by atoms with Gasteiger partial charge in [-0.15, -0.1) is 0 Å². The van der Waals surface area contributed by atoms with Crippen molar-refractivity contribution in [1.29, 1.82) is 0 Å². The Morgan fingerprint density at radius 2 is 1.22 bits per heavy atom. The number of hydrogen-bond donors (Lipinski definition) is 0. The molecule has 36 heavy (non-hydrogen) atoms. The molecule has 2 aliphatic rings. The number of nitrogens with zero attached hydrogens (tertiary/aromatic N) is 3. The maximum absolute atomic E-state index is 13.2. The number of rotatable bonds is 6. The molecule has 0 N–H and O–H groups in total. The molecule has 2 aliphatic heterocycles. The summed E-state index contributed by atoms with van der Waals surface area (Å²) in [5, 5.41) is 0. The molecule has 0 atom stereocenters. The molecular weight excluding hydrogens is 474 g/mol. The highest BCUT2D eigenvalue weighted by Gasteiger charge is 2.30. The summed E-state index contributed by atoms with van der Waals surface area (Å²) in [6, 6.07) is 27.4. The molecule has 0 aromatic heterocycles. The van der Waals surface area contributed by atoms with E-state index in [1.54, 1.807) is 12.1 Å². The monoisotopic (exact) mass is 505 g/mol. The summed E-state index contributed by atoms with van der Waals surface area (Å²) in [6.45, 7) is 4.23. The van der Waals surface area contributed by atoms with Crippen molar-refractivity contribution >= 4 is 15.9 Å². The van der Waals surface area contributed by atoms with E-state index in [2.05, 4.69) is 53.4 Å². The molecule has 1 amide bonds. The summed E-state index contributed by atoms with van der Waals surface area (Å²) >= 11 is 0. The molecule has 3 aromatic carbocycles. The van der Waals surface area contributed by atoms with Gasteiger partial charge in [-0.25, -0.2) is 8.42 Å². The van der Waals surface area contributed by atoms with Crippen LogP contribution in [0.2, 0.25) is 0 Å². The minimum atomic E-state index is -3.58. The number of morpholine rings is 1. The van der Waals surface area contributed by atoms with Crippen LogP contribution in [0.1, 0.15) is 27.5 Å². The van der Waals surface area contributed by atoms with E-state index < -0.39 is 10.0 Å². The maximum Gasteiger partial charge on any atom is 0.253 e. The Bertz CT molecular complexity index is 1210. The van der Waals surface area contributed by atoms with Crippen molar-refractivity contribution in [2.24, 2.45) is 0 Å². The van der Waals surface area contributed by atoms with Gasteiger partial charge < -0.3 is 9.64 Å². The van der Waals surface area contributed by atoms with Crippen LogP contribution in [0.25, 0.3) is 0 Å². The van der Waals surface area contributed by atoms with Crippen LogP contribution in [0.15, 0.2) is 89.8 Å². The minimum absolute atomic E-state index is 0.0686. The molecule has 188 valence electrons. The molecule has 0 radical (unpaired) electrons. The smallest absolute Gasteiger partial charge is 0.253 e. The molecular formula is C28H31N3O4S. The lowest BCUT2D eigenvalue weighted by Crippen LogP contribution is -2.49. The van der Waals surface area contributed by atoms with Crippen molar-refractivity contribution in [2.75, 3.05) is 52.5 Å². The SMILES string of the molecule is O=C(c1ccc(S(=O)(=O)N2CCOCC2)cc1)N1CCN(C(c2ccccc2)c2ccccc2)CC1. The first-order valence-electron chi connectivity index (χ1n) is 12.4. The maximum atomic E-state index is 13.2. The van der Waals surface area contributed by atoms with Crippen LogP contribution in [-0.2, 0) is 14.8 Å². The molecule has 0 aliphatic carbocycles. The van der Waals surface area contributed by atoms with Gasteiger partial charge in [-0.2, -0.15) is 4.31 Å². The number of benzene rings is 3. The lowest BCUT2D eigenvalue weighted by atomic mass is 9.96. The van der Waals surface area contributed by atoms with Crippen molar-refractivity contribution in [3.05, 3.63) is 102 Å². The number of hydrogen-bond acceptors (Lipinski definition) is 5. The van der Waals surface area contributed by atoms with Crippen molar-refractivity contribution in [2.45, 2.75) is 10.9 Å². The fourth-order valence-electron chi connectivity index (χ4n) is 4.96. The molecule has 7 nitrogen and oxygen atoms in total. The van der Waals surface area contributed by atoms with Crippen molar-refractivity contribution < 1.29 is 17.9 Å². The molecule has 3 aromatic rings. The highest BCUT2D eigenvalue weighted by atomic mass is 32.2. The van der Waals surface area contributed by atoms with Gasteiger partial charge in [0.1, 0.15) is 0 Å². The third-order valence-electron chi connectivity index (χ3n) is 6.91. The Labute approximate surface area is 212 Å². The van der Waals surface area contributed by atoms with Crippen LogP contribution in [0.4, 0.5) is 0 Å². The Morgan fingerprint density at radius 1 is 0.694 bits per heavy atom. The van der Waals surface area contributed by atoms with Crippen LogP contribution in [0.5, 0.6) is 0 Å². The van der Waals surface area contributed by atoms with Gasteiger partial charge in [-0.3, -0.25) is 9.69 Å². The Hall–Kier alpha value is -3.04. The van der Waals surface area contributed by atoms with Crippen LogP contribution in [-0.4, -0.2) is 80.9 Å². The first-order chi connectivity index (χ1) is 17.5. The zero-order valence-corrected chi connectivity index (χ0v) is 21.0. The lowest BCUT2D eigenvalue weighted by Gasteiger charge is -2.39. The van der Waals surface area contributed by atoms with Crippen molar-refractivity contribution in [3.8, 4) is 0 Å². The standard InChI is InChI=1S/C28H31N3O4S/c32-28(25-11-13-26(14-12-25)36(33,34)31-19-21-35-22-20-31)30-17-15-29(16-18-30)27(23-7-3-1-4-8-23)24-9-5-2-6-10-24/h1-14,27H,15-22H2. The topological polar surface area (TPSA) is 70.2 Å². The third kappa shape index (κ3) is 5.22. The summed E-state index contributed by atoms with van der Waals surface area (Å²) in [6.07, 6.45) is 0. The number of amides is 1. The first-order valence-corrected chi connectivity index (χ1v) is 13.8. The van der Waals surface area contributed by atoms with E-state index in [0.29, 0.717) is 45.0 Å². The van der Waals surface area contributed by atoms with Gasteiger partial charge in [0.25, 0.3) is 5.91 Å². The first kappa shape index (κ1) is 24.6. The van der Waals surface area contributed by atoms with E-state index in [1.807, 2.05) is 17.0 Å². The molecule has 0 unspecified atom stereocenters. The van der Waals surface area contributed by atoms with Gasteiger partial charge >= 0.3 is 0 Å². The fourth-order valence-corrected chi connectivity index (χ4v) is 6.36. The van der Waals surface area contributed by atoms with Gasteiger partial charge in [0.2, 0.25) is 10.0 Å². The van der Waals surface area contributed by atoms with Crippen molar-refractivity contribution in [1.82, 2.24) is 14.1 Å². The molecule has 8 heteroatoms. The molecule has 2 heterocycles. The molecule has 0 bridgehead atoms. The zero-order valence-electron chi connectivity index (χ0n) is 20.2. The summed E-state index contributed by atoms with van der Waals surface area (Å²) in [4.78, 5) is 17.7. The number of carbonyl (C=O) groups excluding carboxylic acids is 1. The summed E-state index contributed by atoms with van der Waals surface area (Å²) in [5.41, 5.74) is 2.98. The van der Waals surface area contributed by atoms with Crippen molar-refractivity contribution in [3.63, 3.8) is 0 Å². The molecule has 0 saturated carbocycles. The Balaban J connectivity index is 1.26. The molecule has 2 saturated heterocycles. The highest BCUT2D eigenvalue weighted by Crippen LogP contribution is 2.29. The quantitative estimate of drug-likeness (QED) is 0.514. The predicted octanol–water partition coefficient (Wildman–Crippen LogP) is 3.25. The summed E-state index contributed by atoms with van der Waals surface area (Å²) < 4.78 is 32.4. The van der Waals surface area contributed by atoms with E-state index >= 15 is 0 Å². The largest absolute Gasteiger partial charge is 0.379 e. The highest BCUT2D eigenvalue weighted by molar-refractivity contribution is 7.89. The predicted molar refractivity (Wildman–Crippen MR) is 138 cm³/mol. The second-order valence-corrected chi connectivity index (χ2v) is 11.0. The van der Waals surface area contributed by atoms with Gasteiger partial charge in [0.15, 0.2) is 0 Å². The van der Waals surface area contributed by atoms with E-state index in [1.165, 1.54) is 27.6 Å². The Morgan fingerprint density at radius 3 is 1.75 bits per heavy atom. The number of piperazine rings is 1. The van der Waals surface area contributed by atoms with E-state index in [0.717, 1.165) is 13.1 Å². The number of carbonyl (C=O) groups is 1. The zero-order chi connectivity index (χ0) is 25.0. The molecule has 0 spiro atoms. The fraction of sp³-hybridized carbons (Fsp3) is 0.321. The van der Waals surface area contributed by atoms with Gasteiger partial charge in [0, 0.05) is 44.8 Å². The van der Waals surface area contributed by atoms with E-state index in [-0.39, 0.29) is 16.8 Å². The van der Waals surface area contributed by atoms with Gasteiger partial charge in [-0.05, 0) is 35.4 Å². The summed E-state index contributed by atoms with van der Waals surface area (Å²) in [5.74, 6) is -0.0686. The van der Waals surface area contributed by atoms with E-state index in [9.17, 15) is 13.2 Å². The number of sulfonamides is 1. The van der Waals surface area contributed by atoms with Crippen LogP contribution >= 0.6 is 0 Å². The van der Waals surface area contributed by atoms with Crippen LogP contribution in [0, 0.1) is 0 Å². The minimum Gasteiger partial charge on any atom is -0.379 e. The summed E-state index contributed by atoms with van der Waals surface area (Å²) in [7, 11) is -3.58. The number of ether oxygens (including phenoxy) is 1. The molecule has 2 fully saturated rings. The van der Waals surface area contributed by atoms with Crippen LogP contribution in [0.3, 0.4) is 0 Å². The molecule has 5 rings (SSSR count). The second kappa shape index (κ2) is 10.9. The Kier molecular flexibility index (Phi) is 7.48. The average molecular weight is 506 g/mol. The third-order valence-corrected chi connectivity index (χ3v) is 8.82. The van der Waals surface area contributed by atoms with E-state index in [4.69, 9.17) is 4.74 Å². The normalized spacial score (nSPS) is 17.9. The van der Waals surface area contributed by atoms with Gasteiger partial charge in [-0.1, -0.05) is 60.7 Å². The lowest BCUT2D eigenvalue weighted by molar-refractivity contribution is 0.0597. The van der Waals surface area contributed by atoms with Gasteiger partial charge in [0.05, 0.1) is 24.2 Å². The average Bonchev–Trinajstić information content (AvgIpc) is 2.95. The van der Waals surface area contributed by atoms with Crippen LogP contribution < -0.4 is 0 Å².